The fraction of sp³-hybridized carbons (Fsp3) is 0. The first-order chi connectivity index (χ1) is 7.45. The topological polar surface area (TPSA) is 155 Å². The Morgan fingerprint density at radius 3 is 1.69 bits per heavy atom. The Bertz CT molecular complexity index is 387. The van der Waals surface area contributed by atoms with E-state index in [1.54, 1.807) is 0 Å². The van der Waals surface area contributed by atoms with Gasteiger partial charge in [-0.05, 0) is 6.07 Å². The Labute approximate surface area is 88.9 Å². The van der Waals surface area contributed by atoms with Crippen LogP contribution in [-0.2, 0) is 4.79 Å². The van der Waals surface area contributed by atoms with Gasteiger partial charge in [0.05, 0.1) is 9.85 Å². The van der Waals surface area contributed by atoms with Crippen LogP contribution in [0.25, 0.3) is 0 Å². The number of carbonyl (C=O) groups excluding carboxylic acids is 1. The normalized spacial score (nSPS) is 8.50. The zero-order valence-electron chi connectivity index (χ0n) is 7.90. The molecule has 9 heteroatoms. The zero-order valence-corrected chi connectivity index (χ0v) is 7.90. The quantitative estimate of drug-likeness (QED) is 0.318. The van der Waals surface area contributed by atoms with E-state index in [1.165, 1.54) is 6.07 Å². The Balaban J connectivity index is 0.000000673. The SMILES string of the molecule is NC=O.Nc1c([N+](=O)[O-])cccc1[N+](=O)[O-]. The lowest BCUT2D eigenvalue weighted by molar-refractivity contribution is -0.392. The number of hydrogen-bond acceptors (Lipinski definition) is 6. The molecule has 1 amide bonds. The van der Waals surface area contributed by atoms with Gasteiger partial charge in [0, 0.05) is 12.1 Å². The minimum absolute atomic E-state index is 0.250. The van der Waals surface area contributed by atoms with E-state index in [1.807, 2.05) is 0 Å². The zero-order chi connectivity index (χ0) is 12.7. The third-order valence-corrected chi connectivity index (χ3v) is 1.45. The molecule has 86 valence electrons. The highest BCUT2D eigenvalue weighted by Crippen LogP contribution is 2.29. The van der Waals surface area contributed by atoms with Gasteiger partial charge in [0.15, 0.2) is 5.69 Å². The average molecular weight is 228 g/mol. The van der Waals surface area contributed by atoms with Gasteiger partial charge >= 0.3 is 0 Å². The van der Waals surface area contributed by atoms with Crippen LogP contribution in [0.1, 0.15) is 0 Å². The van der Waals surface area contributed by atoms with Crippen molar-refractivity contribution in [3.63, 3.8) is 0 Å². The monoisotopic (exact) mass is 228 g/mol. The smallest absolute Gasteiger partial charge is 0.299 e. The third-order valence-electron chi connectivity index (χ3n) is 1.45. The van der Waals surface area contributed by atoms with Gasteiger partial charge in [0.2, 0.25) is 6.41 Å². The number of rotatable bonds is 2. The number of anilines is 1. The Morgan fingerprint density at radius 2 is 1.44 bits per heavy atom. The second kappa shape index (κ2) is 5.90. The van der Waals surface area contributed by atoms with E-state index in [-0.39, 0.29) is 6.41 Å². The van der Waals surface area contributed by atoms with Crippen molar-refractivity contribution in [2.24, 2.45) is 5.73 Å². The van der Waals surface area contributed by atoms with Crippen molar-refractivity contribution in [2.75, 3.05) is 5.73 Å². The Hall–Kier alpha value is -2.71. The highest BCUT2D eigenvalue weighted by atomic mass is 16.6. The molecule has 1 aromatic rings. The number of primary amides is 1. The van der Waals surface area contributed by atoms with Crippen LogP contribution >= 0.6 is 0 Å². The summed E-state index contributed by atoms with van der Waals surface area (Å²) in [5.41, 5.74) is 8.05. The number of nitro benzene ring substituents is 2. The molecular formula is C7H8N4O5. The molecule has 9 nitrogen and oxygen atoms in total. The molecule has 0 saturated heterocycles. The van der Waals surface area contributed by atoms with Crippen LogP contribution in [0.3, 0.4) is 0 Å². The Morgan fingerprint density at radius 1 is 1.12 bits per heavy atom. The number of hydrogen-bond donors (Lipinski definition) is 2. The first-order valence-electron chi connectivity index (χ1n) is 3.78. The maximum Gasteiger partial charge on any atom is 0.299 e. The predicted octanol–water partition coefficient (Wildman–Crippen LogP) is 0.187. The predicted molar refractivity (Wildman–Crippen MR) is 54.4 cm³/mol. The molecule has 0 spiro atoms. The number of para-hydroxylation sites is 1. The van der Waals surface area contributed by atoms with E-state index in [9.17, 15) is 20.2 Å². The van der Waals surface area contributed by atoms with Gasteiger partial charge in [-0.25, -0.2) is 0 Å². The first kappa shape index (κ1) is 13.3. The summed E-state index contributed by atoms with van der Waals surface area (Å²) in [5, 5.41) is 20.6. The third kappa shape index (κ3) is 3.21. The van der Waals surface area contributed by atoms with Crippen molar-refractivity contribution in [2.45, 2.75) is 0 Å². The number of nitrogen functional groups attached to an aromatic ring is 1. The molecule has 0 atom stereocenters. The number of carbonyl (C=O) groups is 1. The molecule has 0 aliphatic carbocycles. The van der Waals surface area contributed by atoms with Crippen molar-refractivity contribution in [3.05, 3.63) is 38.4 Å². The molecule has 1 aromatic carbocycles. The van der Waals surface area contributed by atoms with Gasteiger partial charge in [-0.1, -0.05) is 0 Å². The summed E-state index contributed by atoms with van der Waals surface area (Å²) in [5.74, 6) is 0. The van der Waals surface area contributed by atoms with Crippen molar-refractivity contribution in [1.29, 1.82) is 0 Å². The Kier molecular flexibility index (Phi) is 4.90. The number of amides is 1. The van der Waals surface area contributed by atoms with Gasteiger partial charge in [-0.2, -0.15) is 0 Å². The molecule has 4 N–H and O–H groups in total. The van der Waals surface area contributed by atoms with E-state index in [2.05, 4.69) is 5.73 Å². The lowest BCUT2D eigenvalue weighted by Crippen LogP contribution is -2.00. The largest absolute Gasteiger partial charge is 0.388 e. The molecule has 1 rings (SSSR count). The van der Waals surface area contributed by atoms with E-state index in [4.69, 9.17) is 10.5 Å². The molecule has 0 aliphatic rings. The molecule has 0 heterocycles. The first-order valence-corrected chi connectivity index (χ1v) is 3.78. The number of nitrogens with zero attached hydrogens (tertiary/aromatic N) is 2. The van der Waals surface area contributed by atoms with Gasteiger partial charge in [0.25, 0.3) is 11.4 Å². The van der Waals surface area contributed by atoms with E-state index in [0.29, 0.717) is 0 Å². The molecular weight excluding hydrogens is 220 g/mol. The standard InChI is InChI=1S/C6H5N3O4.CH3NO/c7-6-4(8(10)11)2-1-3-5(6)9(12)13;2-1-3/h1-3H,7H2;1H,(H2,2,3). The van der Waals surface area contributed by atoms with Crippen LogP contribution in [-0.4, -0.2) is 16.3 Å². The van der Waals surface area contributed by atoms with Crippen LogP contribution in [0.15, 0.2) is 18.2 Å². The molecule has 0 bridgehead atoms. The second-order valence-corrected chi connectivity index (χ2v) is 2.36. The molecule has 0 unspecified atom stereocenters. The fourth-order valence-corrected chi connectivity index (χ4v) is 0.860. The van der Waals surface area contributed by atoms with Crippen molar-refractivity contribution in [1.82, 2.24) is 0 Å². The summed E-state index contributed by atoms with van der Waals surface area (Å²) in [4.78, 5) is 27.7. The van der Waals surface area contributed by atoms with Crippen LogP contribution in [0.2, 0.25) is 0 Å². The lowest BCUT2D eigenvalue weighted by Gasteiger charge is -1.96. The summed E-state index contributed by atoms with van der Waals surface area (Å²) < 4.78 is 0. The van der Waals surface area contributed by atoms with Crippen LogP contribution in [0, 0.1) is 20.2 Å². The minimum Gasteiger partial charge on any atom is -0.388 e. The van der Waals surface area contributed by atoms with Crippen LogP contribution in [0.5, 0.6) is 0 Å². The molecule has 0 aliphatic heterocycles. The number of nitro groups is 2. The highest BCUT2D eigenvalue weighted by Gasteiger charge is 2.20. The van der Waals surface area contributed by atoms with Crippen molar-refractivity contribution < 1.29 is 14.6 Å². The second-order valence-electron chi connectivity index (χ2n) is 2.36. The maximum absolute atomic E-state index is 10.3. The summed E-state index contributed by atoms with van der Waals surface area (Å²) in [6, 6.07) is 3.44. The fourth-order valence-electron chi connectivity index (χ4n) is 0.860. The average Bonchev–Trinajstić information content (AvgIpc) is 2.18. The lowest BCUT2D eigenvalue weighted by atomic mass is 10.2. The van der Waals surface area contributed by atoms with Gasteiger partial charge in [-0.15, -0.1) is 0 Å². The van der Waals surface area contributed by atoms with Crippen LogP contribution in [0.4, 0.5) is 17.1 Å². The summed E-state index contributed by atoms with van der Waals surface area (Å²) >= 11 is 0. The molecule has 16 heavy (non-hydrogen) atoms. The van der Waals surface area contributed by atoms with E-state index in [0.717, 1.165) is 12.1 Å². The van der Waals surface area contributed by atoms with E-state index >= 15 is 0 Å². The van der Waals surface area contributed by atoms with Crippen molar-refractivity contribution in [3.8, 4) is 0 Å². The highest BCUT2D eigenvalue weighted by molar-refractivity contribution is 5.70. The van der Waals surface area contributed by atoms with Gasteiger partial charge in [0.1, 0.15) is 0 Å². The minimum atomic E-state index is -0.762. The summed E-state index contributed by atoms with van der Waals surface area (Å²) in [7, 11) is 0. The molecule has 0 radical (unpaired) electrons. The summed E-state index contributed by atoms with van der Waals surface area (Å²) in [6.45, 7) is 0. The maximum atomic E-state index is 10.3. The summed E-state index contributed by atoms with van der Waals surface area (Å²) in [6.07, 6.45) is 0.250. The molecule has 0 saturated carbocycles. The van der Waals surface area contributed by atoms with Gasteiger partial charge in [-0.3, -0.25) is 25.0 Å². The van der Waals surface area contributed by atoms with Gasteiger partial charge < -0.3 is 11.5 Å². The molecule has 0 aromatic heterocycles. The number of benzene rings is 1. The van der Waals surface area contributed by atoms with Crippen LogP contribution < -0.4 is 11.5 Å². The van der Waals surface area contributed by atoms with Crippen molar-refractivity contribution >= 4 is 23.5 Å². The number of nitrogens with two attached hydrogens (primary N) is 2. The van der Waals surface area contributed by atoms with E-state index < -0.39 is 26.9 Å². The molecule has 0 fully saturated rings.